The summed E-state index contributed by atoms with van der Waals surface area (Å²) in [4.78, 5) is 14.2. The van der Waals surface area contributed by atoms with Crippen LogP contribution in [0.1, 0.15) is 28.8 Å². The lowest BCUT2D eigenvalue weighted by Crippen LogP contribution is -2.35. The van der Waals surface area contributed by atoms with E-state index >= 15 is 0 Å². The molecule has 0 radical (unpaired) electrons. The molecule has 4 nitrogen and oxygen atoms in total. The predicted octanol–water partition coefficient (Wildman–Crippen LogP) is 1.41. The Morgan fingerprint density at radius 2 is 1.89 bits per heavy atom. The summed E-state index contributed by atoms with van der Waals surface area (Å²) < 4.78 is 5.34. The van der Waals surface area contributed by atoms with Crippen LogP contribution < -0.4 is 5.32 Å². The van der Waals surface area contributed by atoms with Crippen molar-refractivity contribution in [2.45, 2.75) is 25.4 Å². The van der Waals surface area contributed by atoms with Crippen LogP contribution in [0.4, 0.5) is 0 Å². The Bertz CT molecular complexity index is 434. The molecule has 0 bridgehead atoms. The Morgan fingerprint density at radius 1 is 1.21 bits per heavy atom. The molecule has 4 heteroatoms. The molecule has 1 amide bonds. The fraction of sp³-hybridized carbons (Fsp3) is 0.533. The van der Waals surface area contributed by atoms with Crippen molar-refractivity contribution in [2.24, 2.45) is 0 Å². The van der Waals surface area contributed by atoms with Crippen LogP contribution in [0.2, 0.25) is 0 Å². The first-order valence-corrected chi connectivity index (χ1v) is 7.01. The second-order valence-corrected chi connectivity index (χ2v) is 5.33. The van der Waals surface area contributed by atoms with Gasteiger partial charge in [-0.1, -0.05) is 12.1 Å². The second kappa shape index (κ2) is 5.72. The quantitative estimate of drug-likeness (QED) is 0.890. The molecular weight excluding hydrogens is 240 g/mol. The number of hydrogen-bond acceptors (Lipinski definition) is 3. The van der Waals surface area contributed by atoms with Crippen molar-refractivity contribution in [1.29, 1.82) is 0 Å². The molecule has 1 aromatic carbocycles. The average Bonchev–Trinajstić information content (AvgIpc) is 3.25. The molecule has 19 heavy (non-hydrogen) atoms. The molecule has 1 aliphatic heterocycles. The van der Waals surface area contributed by atoms with E-state index in [1.54, 1.807) is 0 Å². The normalized spacial score (nSPS) is 20.2. The molecule has 3 rings (SSSR count). The fourth-order valence-corrected chi connectivity index (χ4v) is 2.28. The van der Waals surface area contributed by atoms with Gasteiger partial charge in [-0.25, -0.2) is 0 Å². The van der Waals surface area contributed by atoms with Gasteiger partial charge in [0.15, 0.2) is 0 Å². The Kier molecular flexibility index (Phi) is 3.80. The summed E-state index contributed by atoms with van der Waals surface area (Å²) in [6, 6.07) is 8.37. The number of rotatable bonds is 4. The van der Waals surface area contributed by atoms with Gasteiger partial charge < -0.3 is 10.1 Å². The number of nitrogens with one attached hydrogen (secondary N) is 1. The van der Waals surface area contributed by atoms with Gasteiger partial charge in [0.05, 0.1) is 13.2 Å². The Balaban J connectivity index is 1.56. The van der Waals surface area contributed by atoms with Gasteiger partial charge in [0, 0.05) is 31.2 Å². The SMILES string of the molecule is O=C(NC1CC1)c1ccc(CN2CCOCC2)cc1. The van der Waals surface area contributed by atoms with Crippen LogP contribution in [0, 0.1) is 0 Å². The summed E-state index contributed by atoms with van der Waals surface area (Å²) in [5.41, 5.74) is 2.02. The molecular formula is C15H20N2O2. The Hall–Kier alpha value is -1.39. The van der Waals surface area contributed by atoms with Crippen LogP contribution >= 0.6 is 0 Å². The molecule has 0 spiro atoms. The minimum Gasteiger partial charge on any atom is -0.379 e. The number of carbonyl (C=O) groups excluding carboxylic acids is 1. The molecule has 102 valence electrons. The van der Waals surface area contributed by atoms with Gasteiger partial charge in [-0.2, -0.15) is 0 Å². The van der Waals surface area contributed by atoms with E-state index in [1.165, 1.54) is 5.56 Å². The van der Waals surface area contributed by atoms with E-state index < -0.39 is 0 Å². The van der Waals surface area contributed by atoms with Crippen molar-refractivity contribution in [3.05, 3.63) is 35.4 Å². The highest BCUT2D eigenvalue weighted by molar-refractivity contribution is 5.94. The number of ether oxygens (including phenoxy) is 1. The van der Waals surface area contributed by atoms with E-state index in [-0.39, 0.29) is 5.91 Å². The monoisotopic (exact) mass is 260 g/mol. The summed E-state index contributed by atoms with van der Waals surface area (Å²) in [6.45, 7) is 4.56. The third kappa shape index (κ3) is 3.55. The van der Waals surface area contributed by atoms with E-state index in [1.807, 2.05) is 12.1 Å². The lowest BCUT2D eigenvalue weighted by molar-refractivity contribution is 0.0342. The maximum atomic E-state index is 11.9. The van der Waals surface area contributed by atoms with E-state index in [0.29, 0.717) is 6.04 Å². The van der Waals surface area contributed by atoms with Crippen LogP contribution in [-0.4, -0.2) is 43.2 Å². The lowest BCUT2D eigenvalue weighted by atomic mass is 10.1. The third-order valence-electron chi connectivity index (χ3n) is 3.64. The number of morpholine rings is 1. The van der Waals surface area contributed by atoms with Crippen LogP contribution in [0.15, 0.2) is 24.3 Å². The Labute approximate surface area is 113 Å². The Morgan fingerprint density at radius 3 is 2.53 bits per heavy atom. The standard InChI is InChI=1S/C15H20N2O2/c18-15(16-14-5-6-14)13-3-1-12(2-4-13)11-17-7-9-19-10-8-17/h1-4,14H,5-11H2,(H,16,18). The fourth-order valence-electron chi connectivity index (χ4n) is 2.28. The van der Waals surface area contributed by atoms with Crippen molar-refractivity contribution in [3.8, 4) is 0 Å². The van der Waals surface area contributed by atoms with Gasteiger partial charge >= 0.3 is 0 Å². The van der Waals surface area contributed by atoms with Crippen molar-refractivity contribution in [1.82, 2.24) is 10.2 Å². The zero-order valence-electron chi connectivity index (χ0n) is 11.1. The van der Waals surface area contributed by atoms with Crippen LogP contribution in [0.25, 0.3) is 0 Å². The topological polar surface area (TPSA) is 41.6 Å². The van der Waals surface area contributed by atoms with E-state index in [0.717, 1.165) is 51.3 Å². The van der Waals surface area contributed by atoms with Gasteiger partial charge in [0.25, 0.3) is 5.91 Å². The molecule has 0 aromatic heterocycles. The molecule has 1 N–H and O–H groups in total. The second-order valence-electron chi connectivity index (χ2n) is 5.33. The predicted molar refractivity (Wildman–Crippen MR) is 73.0 cm³/mol. The van der Waals surface area contributed by atoms with E-state index in [9.17, 15) is 4.79 Å². The molecule has 1 aliphatic carbocycles. The highest BCUT2D eigenvalue weighted by Gasteiger charge is 2.23. The minimum atomic E-state index is 0.0559. The molecule has 0 unspecified atom stereocenters. The van der Waals surface area contributed by atoms with Gasteiger partial charge in [-0.3, -0.25) is 9.69 Å². The molecule has 2 aliphatic rings. The van der Waals surface area contributed by atoms with Crippen molar-refractivity contribution in [2.75, 3.05) is 26.3 Å². The largest absolute Gasteiger partial charge is 0.379 e. The van der Waals surface area contributed by atoms with Gasteiger partial charge in [-0.05, 0) is 30.5 Å². The maximum absolute atomic E-state index is 11.9. The zero-order valence-corrected chi connectivity index (χ0v) is 11.1. The first-order chi connectivity index (χ1) is 9.31. The number of amides is 1. The van der Waals surface area contributed by atoms with Crippen molar-refractivity contribution >= 4 is 5.91 Å². The smallest absolute Gasteiger partial charge is 0.251 e. The zero-order chi connectivity index (χ0) is 13.1. The number of carbonyl (C=O) groups is 1. The number of nitrogens with zero attached hydrogens (tertiary/aromatic N) is 1. The number of hydrogen-bond donors (Lipinski definition) is 1. The highest BCUT2D eigenvalue weighted by atomic mass is 16.5. The highest BCUT2D eigenvalue weighted by Crippen LogP contribution is 2.19. The molecule has 1 saturated heterocycles. The first-order valence-electron chi connectivity index (χ1n) is 7.01. The minimum absolute atomic E-state index is 0.0559. The van der Waals surface area contributed by atoms with Crippen molar-refractivity contribution in [3.63, 3.8) is 0 Å². The average molecular weight is 260 g/mol. The summed E-state index contributed by atoms with van der Waals surface area (Å²) >= 11 is 0. The lowest BCUT2D eigenvalue weighted by Gasteiger charge is -2.26. The molecule has 1 saturated carbocycles. The van der Waals surface area contributed by atoms with E-state index in [4.69, 9.17) is 4.74 Å². The molecule has 0 atom stereocenters. The van der Waals surface area contributed by atoms with Gasteiger partial charge in [0.1, 0.15) is 0 Å². The van der Waals surface area contributed by atoms with E-state index in [2.05, 4.69) is 22.3 Å². The molecule has 1 aromatic rings. The van der Waals surface area contributed by atoms with Crippen molar-refractivity contribution < 1.29 is 9.53 Å². The molecule has 2 fully saturated rings. The maximum Gasteiger partial charge on any atom is 0.251 e. The summed E-state index contributed by atoms with van der Waals surface area (Å²) in [6.07, 6.45) is 2.25. The van der Waals surface area contributed by atoms with Crippen LogP contribution in [-0.2, 0) is 11.3 Å². The molecule has 1 heterocycles. The first kappa shape index (κ1) is 12.6. The van der Waals surface area contributed by atoms with Gasteiger partial charge in [0.2, 0.25) is 0 Å². The van der Waals surface area contributed by atoms with Crippen LogP contribution in [0.3, 0.4) is 0 Å². The number of benzene rings is 1. The summed E-state index contributed by atoms with van der Waals surface area (Å²) in [5, 5.41) is 3.01. The van der Waals surface area contributed by atoms with Gasteiger partial charge in [-0.15, -0.1) is 0 Å². The summed E-state index contributed by atoms with van der Waals surface area (Å²) in [7, 11) is 0. The summed E-state index contributed by atoms with van der Waals surface area (Å²) in [5.74, 6) is 0.0559. The third-order valence-corrected chi connectivity index (χ3v) is 3.64. The van der Waals surface area contributed by atoms with Crippen LogP contribution in [0.5, 0.6) is 0 Å².